The smallest absolute Gasteiger partial charge is 0.335 e. The van der Waals surface area contributed by atoms with E-state index in [2.05, 4.69) is 0 Å². The van der Waals surface area contributed by atoms with Crippen LogP contribution < -0.4 is 0 Å². The molecule has 1 aromatic rings. The number of hydrogen-bond acceptors (Lipinski definition) is 7. The summed E-state index contributed by atoms with van der Waals surface area (Å²) in [4.78, 5) is 11.1. The second-order valence-corrected chi connectivity index (χ2v) is 5.77. The molecule has 130 valence electrons. The molecule has 2 aliphatic rings. The van der Waals surface area contributed by atoms with Gasteiger partial charge >= 0.3 is 5.97 Å². The van der Waals surface area contributed by atoms with E-state index in [9.17, 15) is 25.2 Å². The minimum atomic E-state index is -1.79. The van der Waals surface area contributed by atoms with Crippen molar-refractivity contribution in [2.45, 2.75) is 42.9 Å². The lowest BCUT2D eigenvalue weighted by atomic mass is 9.92. The maximum atomic E-state index is 11.1. The number of aliphatic carboxylic acids is 1. The van der Waals surface area contributed by atoms with Crippen LogP contribution >= 0.6 is 0 Å². The van der Waals surface area contributed by atoms with E-state index in [-0.39, 0.29) is 0 Å². The molecule has 5 N–H and O–H groups in total. The van der Waals surface area contributed by atoms with Gasteiger partial charge in [-0.15, -0.1) is 0 Å². The van der Waals surface area contributed by atoms with Crippen LogP contribution in [0, 0.1) is 0 Å². The molecule has 0 unspecified atom stereocenters. The van der Waals surface area contributed by atoms with E-state index in [1.54, 1.807) is 18.2 Å². The molecule has 0 saturated carbocycles. The number of carboxylic acid groups (broad SMARTS) is 1. The molecule has 1 aliphatic heterocycles. The van der Waals surface area contributed by atoms with Gasteiger partial charge in [-0.2, -0.15) is 0 Å². The Balaban J connectivity index is 1.84. The molecule has 1 aliphatic carbocycles. The molecule has 3 rings (SSSR count). The van der Waals surface area contributed by atoms with Crippen LogP contribution in [0.3, 0.4) is 0 Å². The van der Waals surface area contributed by atoms with Crippen LogP contribution in [0.25, 0.3) is 6.08 Å². The SMILES string of the molecule is O=C(O)[C@H]1O[C@@H](O[C@H]2c3ccccc3C=C[C@@H]2O)[C@H](O)[C@@H](O)[C@@H]1O. The molecule has 0 spiro atoms. The van der Waals surface area contributed by atoms with Crippen molar-refractivity contribution >= 4 is 12.0 Å². The van der Waals surface area contributed by atoms with Crippen LogP contribution in [-0.2, 0) is 14.3 Å². The van der Waals surface area contributed by atoms with Gasteiger partial charge in [0.1, 0.15) is 30.5 Å². The predicted molar refractivity (Wildman–Crippen MR) is 79.6 cm³/mol. The average molecular weight is 338 g/mol. The van der Waals surface area contributed by atoms with Crippen LogP contribution in [0.1, 0.15) is 17.2 Å². The topological polar surface area (TPSA) is 137 Å². The van der Waals surface area contributed by atoms with Gasteiger partial charge in [0.05, 0.1) is 0 Å². The number of carboxylic acids is 1. The molecule has 24 heavy (non-hydrogen) atoms. The third-order valence-electron chi connectivity index (χ3n) is 4.18. The second kappa shape index (κ2) is 6.60. The molecule has 8 heteroatoms. The van der Waals surface area contributed by atoms with Crippen molar-refractivity contribution in [2.24, 2.45) is 0 Å². The molecular weight excluding hydrogens is 320 g/mol. The number of hydrogen-bond donors (Lipinski definition) is 5. The van der Waals surface area contributed by atoms with Crippen molar-refractivity contribution in [1.29, 1.82) is 0 Å². The third-order valence-corrected chi connectivity index (χ3v) is 4.18. The predicted octanol–water partition coefficient (Wildman–Crippen LogP) is -0.976. The van der Waals surface area contributed by atoms with Crippen LogP contribution in [0.5, 0.6) is 0 Å². The van der Waals surface area contributed by atoms with Gasteiger partial charge in [-0.05, 0) is 11.1 Å². The van der Waals surface area contributed by atoms with E-state index in [0.29, 0.717) is 5.56 Å². The lowest BCUT2D eigenvalue weighted by Gasteiger charge is -2.40. The van der Waals surface area contributed by atoms with Gasteiger partial charge in [-0.25, -0.2) is 4.79 Å². The zero-order valence-electron chi connectivity index (χ0n) is 12.5. The zero-order valence-corrected chi connectivity index (χ0v) is 12.5. The Bertz CT molecular complexity index is 645. The van der Waals surface area contributed by atoms with Crippen LogP contribution in [0.15, 0.2) is 30.3 Å². The summed E-state index contributed by atoms with van der Waals surface area (Å²) in [6.45, 7) is 0. The van der Waals surface area contributed by atoms with Gasteiger partial charge in [0.15, 0.2) is 12.4 Å². The lowest BCUT2D eigenvalue weighted by Crippen LogP contribution is -2.60. The largest absolute Gasteiger partial charge is 0.479 e. The Labute approximate surface area is 137 Å². The van der Waals surface area contributed by atoms with Gasteiger partial charge in [0.25, 0.3) is 0 Å². The van der Waals surface area contributed by atoms with Gasteiger partial charge < -0.3 is 35.0 Å². The van der Waals surface area contributed by atoms with Crippen molar-refractivity contribution in [3.8, 4) is 0 Å². The highest BCUT2D eigenvalue weighted by Gasteiger charge is 2.48. The highest BCUT2D eigenvalue weighted by atomic mass is 16.7. The summed E-state index contributed by atoms with van der Waals surface area (Å²) in [5.41, 5.74) is 1.43. The van der Waals surface area contributed by atoms with Gasteiger partial charge in [0, 0.05) is 0 Å². The Kier molecular flexibility index (Phi) is 4.68. The summed E-state index contributed by atoms with van der Waals surface area (Å²) in [5.74, 6) is -1.49. The maximum absolute atomic E-state index is 11.1. The Morgan fingerprint density at radius 1 is 1.04 bits per heavy atom. The number of aliphatic hydroxyl groups is 4. The van der Waals surface area contributed by atoms with Crippen molar-refractivity contribution in [3.05, 3.63) is 41.5 Å². The average Bonchev–Trinajstić information content (AvgIpc) is 2.57. The molecule has 1 heterocycles. The number of benzene rings is 1. The number of ether oxygens (including phenoxy) is 2. The van der Waals surface area contributed by atoms with Crippen molar-refractivity contribution < 1.29 is 39.8 Å². The standard InChI is InChI=1S/C16H18O8/c17-9-6-5-7-3-1-2-4-8(7)13(9)23-16-12(20)10(18)11(19)14(24-16)15(21)22/h1-6,9-14,16-20H,(H,21,22)/t9-,10-,11-,12+,13-,14-,16+/m0/s1. The minimum Gasteiger partial charge on any atom is -0.479 e. The highest BCUT2D eigenvalue weighted by Crippen LogP contribution is 2.34. The lowest BCUT2D eigenvalue weighted by molar-refractivity contribution is -0.310. The second-order valence-electron chi connectivity index (χ2n) is 5.77. The number of carbonyl (C=O) groups is 1. The summed E-state index contributed by atoms with van der Waals surface area (Å²) in [5, 5.41) is 48.7. The molecule has 1 fully saturated rings. The van der Waals surface area contributed by atoms with Crippen molar-refractivity contribution in [3.63, 3.8) is 0 Å². The van der Waals surface area contributed by atoms with Crippen molar-refractivity contribution in [1.82, 2.24) is 0 Å². The molecule has 0 radical (unpaired) electrons. The number of fused-ring (bicyclic) bond motifs is 1. The van der Waals surface area contributed by atoms with Crippen LogP contribution in [0.4, 0.5) is 0 Å². The fourth-order valence-electron chi connectivity index (χ4n) is 2.87. The van der Waals surface area contributed by atoms with E-state index in [1.165, 1.54) is 6.08 Å². The van der Waals surface area contributed by atoms with Crippen LogP contribution in [0.2, 0.25) is 0 Å². The fraction of sp³-hybridized carbons (Fsp3) is 0.438. The van der Waals surface area contributed by atoms with Gasteiger partial charge in [-0.1, -0.05) is 36.4 Å². The normalized spacial score (nSPS) is 38.6. The summed E-state index contributed by atoms with van der Waals surface area (Å²) < 4.78 is 10.7. The monoisotopic (exact) mass is 338 g/mol. The summed E-state index contributed by atoms with van der Waals surface area (Å²) in [7, 11) is 0. The first-order valence-corrected chi connectivity index (χ1v) is 7.43. The van der Waals surface area contributed by atoms with Gasteiger partial charge in [-0.3, -0.25) is 0 Å². The van der Waals surface area contributed by atoms with E-state index < -0.39 is 48.9 Å². The molecular formula is C16H18O8. The number of rotatable bonds is 3. The summed E-state index contributed by atoms with van der Waals surface area (Å²) in [6, 6.07) is 7.09. The fourth-order valence-corrected chi connectivity index (χ4v) is 2.87. The van der Waals surface area contributed by atoms with E-state index in [0.717, 1.165) is 5.56 Å². The first-order chi connectivity index (χ1) is 11.4. The summed E-state index contributed by atoms with van der Waals surface area (Å²) >= 11 is 0. The Morgan fingerprint density at radius 3 is 2.46 bits per heavy atom. The molecule has 1 aromatic carbocycles. The first kappa shape index (κ1) is 17.0. The van der Waals surface area contributed by atoms with E-state index in [1.807, 2.05) is 12.1 Å². The highest BCUT2D eigenvalue weighted by molar-refractivity contribution is 5.73. The maximum Gasteiger partial charge on any atom is 0.335 e. The molecule has 7 atom stereocenters. The first-order valence-electron chi connectivity index (χ1n) is 7.43. The number of aliphatic hydroxyl groups excluding tert-OH is 4. The zero-order chi connectivity index (χ0) is 17.4. The Hall–Kier alpha value is -1.81. The molecule has 1 saturated heterocycles. The van der Waals surface area contributed by atoms with Gasteiger partial charge in [0.2, 0.25) is 0 Å². The quantitative estimate of drug-likeness (QED) is 0.474. The Morgan fingerprint density at radius 2 is 1.75 bits per heavy atom. The molecule has 0 aromatic heterocycles. The summed E-state index contributed by atoms with van der Waals surface area (Å²) in [6.07, 6.45) is -7.22. The minimum absolute atomic E-state index is 0.635. The van der Waals surface area contributed by atoms with E-state index in [4.69, 9.17) is 14.6 Å². The molecule has 8 nitrogen and oxygen atoms in total. The van der Waals surface area contributed by atoms with E-state index >= 15 is 0 Å². The van der Waals surface area contributed by atoms with Crippen molar-refractivity contribution in [2.75, 3.05) is 0 Å². The third kappa shape index (κ3) is 2.95. The van der Waals surface area contributed by atoms with Crippen LogP contribution in [-0.4, -0.2) is 68.3 Å². The molecule has 0 bridgehead atoms. The molecule has 0 amide bonds.